The Kier molecular flexibility index (Phi) is 4.94. The van der Waals surface area contributed by atoms with E-state index >= 15 is 0 Å². The lowest BCUT2D eigenvalue weighted by atomic mass is 9.81. The van der Waals surface area contributed by atoms with Crippen LogP contribution in [0.1, 0.15) is 59.3 Å². The van der Waals surface area contributed by atoms with Crippen LogP contribution in [0.2, 0.25) is 0 Å². The van der Waals surface area contributed by atoms with E-state index < -0.39 is 0 Å². The topological polar surface area (TPSA) is 20.2 Å². The van der Waals surface area contributed by atoms with E-state index in [2.05, 4.69) is 20.8 Å². The van der Waals surface area contributed by atoms with Gasteiger partial charge in [-0.25, -0.2) is 0 Å². The van der Waals surface area contributed by atoms with Crippen LogP contribution in [0, 0.1) is 17.8 Å². The van der Waals surface area contributed by atoms with Gasteiger partial charge in [-0.1, -0.05) is 46.5 Å². The summed E-state index contributed by atoms with van der Waals surface area (Å²) in [6.45, 7) is 6.62. The zero-order valence-corrected chi connectivity index (χ0v) is 10.00. The summed E-state index contributed by atoms with van der Waals surface area (Å²) in [5.41, 5.74) is 0. The smallest absolute Gasteiger partial charge is 0.0596 e. The molecule has 0 aromatic heterocycles. The highest BCUT2D eigenvalue weighted by molar-refractivity contribution is 4.77. The van der Waals surface area contributed by atoms with Crippen molar-refractivity contribution in [2.75, 3.05) is 0 Å². The second-order valence-corrected chi connectivity index (χ2v) is 5.35. The first kappa shape index (κ1) is 12.0. The normalized spacial score (nSPS) is 24.6. The van der Waals surface area contributed by atoms with Crippen molar-refractivity contribution in [3.63, 3.8) is 0 Å². The minimum absolute atomic E-state index is 0.0619. The lowest BCUT2D eigenvalue weighted by Gasteiger charge is -2.29. The molecule has 0 radical (unpaired) electrons. The molecule has 0 amide bonds. The summed E-state index contributed by atoms with van der Waals surface area (Å²) in [5, 5.41) is 10.2. The van der Waals surface area contributed by atoms with Gasteiger partial charge in [-0.15, -0.1) is 0 Å². The van der Waals surface area contributed by atoms with Crippen LogP contribution in [0.15, 0.2) is 0 Å². The van der Waals surface area contributed by atoms with Gasteiger partial charge in [0.2, 0.25) is 0 Å². The Morgan fingerprint density at radius 1 is 0.929 bits per heavy atom. The summed E-state index contributed by atoms with van der Waals surface area (Å²) in [4.78, 5) is 0. The molecule has 1 saturated carbocycles. The van der Waals surface area contributed by atoms with E-state index in [1.807, 2.05) is 0 Å². The Morgan fingerprint density at radius 2 is 1.43 bits per heavy atom. The van der Waals surface area contributed by atoms with Gasteiger partial charge in [0.15, 0.2) is 0 Å². The summed E-state index contributed by atoms with van der Waals surface area (Å²) in [6.07, 6.45) is 7.83. The maximum Gasteiger partial charge on any atom is 0.0596 e. The molecule has 1 aliphatic rings. The number of aliphatic hydroxyl groups excluding tert-OH is 1. The Hall–Kier alpha value is -0.0400. The van der Waals surface area contributed by atoms with Crippen LogP contribution >= 0.6 is 0 Å². The third-order valence-corrected chi connectivity index (χ3v) is 3.97. The molecule has 1 heteroatoms. The fraction of sp³-hybridized carbons (Fsp3) is 1.00. The van der Waals surface area contributed by atoms with Crippen molar-refractivity contribution in [3.8, 4) is 0 Å². The molecule has 1 aliphatic carbocycles. The Balaban J connectivity index is 2.44. The molecule has 0 saturated heterocycles. The van der Waals surface area contributed by atoms with Crippen molar-refractivity contribution < 1.29 is 5.11 Å². The van der Waals surface area contributed by atoms with Gasteiger partial charge in [0, 0.05) is 0 Å². The molecule has 1 rings (SSSR count). The molecule has 1 N–H and O–H groups in total. The quantitative estimate of drug-likeness (QED) is 0.687. The molecular weight excluding hydrogens is 172 g/mol. The average molecular weight is 198 g/mol. The van der Waals surface area contributed by atoms with Gasteiger partial charge in [-0.3, -0.25) is 0 Å². The number of rotatable bonds is 3. The van der Waals surface area contributed by atoms with E-state index in [1.165, 1.54) is 38.5 Å². The molecule has 84 valence electrons. The molecule has 2 unspecified atom stereocenters. The van der Waals surface area contributed by atoms with Gasteiger partial charge >= 0.3 is 0 Å². The average Bonchev–Trinajstić information content (AvgIpc) is 2.43. The third-order valence-electron chi connectivity index (χ3n) is 3.97. The maximum absolute atomic E-state index is 10.2. The van der Waals surface area contributed by atoms with Crippen LogP contribution in [0.4, 0.5) is 0 Å². The molecule has 0 aromatic carbocycles. The second kappa shape index (κ2) is 5.75. The minimum Gasteiger partial charge on any atom is -0.393 e. The zero-order valence-electron chi connectivity index (χ0n) is 10.00. The van der Waals surface area contributed by atoms with Crippen molar-refractivity contribution in [3.05, 3.63) is 0 Å². The van der Waals surface area contributed by atoms with Crippen LogP contribution in [-0.2, 0) is 0 Å². The highest BCUT2D eigenvalue weighted by Gasteiger charge is 2.26. The molecule has 0 aromatic rings. The van der Waals surface area contributed by atoms with E-state index in [9.17, 15) is 5.11 Å². The van der Waals surface area contributed by atoms with E-state index in [4.69, 9.17) is 0 Å². The maximum atomic E-state index is 10.2. The number of hydrogen-bond donors (Lipinski definition) is 1. The Labute approximate surface area is 88.9 Å². The first-order valence-corrected chi connectivity index (χ1v) is 6.31. The van der Waals surface area contributed by atoms with Crippen LogP contribution < -0.4 is 0 Å². The Morgan fingerprint density at radius 3 is 1.86 bits per heavy atom. The summed E-state index contributed by atoms with van der Waals surface area (Å²) >= 11 is 0. The molecule has 1 fully saturated rings. The van der Waals surface area contributed by atoms with E-state index in [0.29, 0.717) is 17.8 Å². The predicted octanol–water partition coefficient (Wildman–Crippen LogP) is 3.61. The highest BCUT2D eigenvalue weighted by atomic mass is 16.3. The molecular formula is C13H26O. The lowest BCUT2D eigenvalue weighted by Crippen LogP contribution is -2.30. The predicted molar refractivity (Wildman–Crippen MR) is 61.2 cm³/mol. The number of aliphatic hydroxyl groups is 1. The van der Waals surface area contributed by atoms with Gasteiger partial charge in [0.25, 0.3) is 0 Å². The summed E-state index contributed by atoms with van der Waals surface area (Å²) < 4.78 is 0. The van der Waals surface area contributed by atoms with E-state index in [1.54, 1.807) is 0 Å². The van der Waals surface area contributed by atoms with Crippen molar-refractivity contribution in [2.24, 2.45) is 17.8 Å². The zero-order chi connectivity index (χ0) is 10.6. The van der Waals surface area contributed by atoms with Crippen LogP contribution in [0.25, 0.3) is 0 Å². The fourth-order valence-electron chi connectivity index (χ4n) is 2.48. The van der Waals surface area contributed by atoms with Crippen molar-refractivity contribution in [1.29, 1.82) is 0 Å². The highest BCUT2D eigenvalue weighted by Crippen LogP contribution is 2.30. The van der Waals surface area contributed by atoms with Crippen LogP contribution in [0.5, 0.6) is 0 Å². The lowest BCUT2D eigenvalue weighted by molar-refractivity contribution is 0.0318. The standard InChI is InChI=1S/C13H26O/c1-10(2)11(3)13(14)12-8-6-4-5-7-9-12/h10-14H,4-9H2,1-3H3. The molecule has 0 bridgehead atoms. The first-order valence-electron chi connectivity index (χ1n) is 6.31. The third kappa shape index (κ3) is 3.27. The largest absolute Gasteiger partial charge is 0.393 e. The number of hydrogen-bond acceptors (Lipinski definition) is 1. The van der Waals surface area contributed by atoms with Crippen molar-refractivity contribution >= 4 is 0 Å². The van der Waals surface area contributed by atoms with Gasteiger partial charge in [0.05, 0.1) is 6.10 Å². The van der Waals surface area contributed by atoms with Gasteiger partial charge in [-0.2, -0.15) is 0 Å². The second-order valence-electron chi connectivity index (χ2n) is 5.35. The first-order chi connectivity index (χ1) is 6.63. The molecule has 2 atom stereocenters. The SMILES string of the molecule is CC(C)C(C)C(O)C1CCCCCC1. The molecule has 0 aliphatic heterocycles. The van der Waals surface area contributed by atoms with Crippen molar-refractivity contribution in [2.45, 2.75) is 65.4 Å². The van der Waals surface area contributed by atoms with E-state index in [0.717, 1.165) is 0 Å². The summed E-state index contributed by atoms with van der Waals surface area (Å²) in [7, 11) is 0. The molecule has 14 heavy (non-hydrogen) atoms. The molecule has 0 heterocycles. The van der Waals surface area contributed by atoms with Gasteiger partial charge in [-0.05, 0) is 30.6 Å². The van der Waals surface area contributed by atoms with Crippen LogP contribution in [-0.4, -0.2) is 11.2 Å². The van der Waals surface area contributed by atoms with E-state index in [-0.39, 0.29) is 6.10 Å². The van der Waals surface area contributed by atoms with Gasteiger partial charge < -0.3 is 5.11 Å². The molecule has 1 nitrogen and oxygen atoms in total. The summed E-state index contributed by atoms with van der Waals surface area (Å²) in [6, 6.07) is 0. The fourth-order valence-corrected chi connectivity index (χ4v) is 2.48. The van der Waals surface area contributed by atoms with Crippen molar-refractivity contribution in [1.82, 2.24) is 0 Å². The summed E-state index contributed by atoms with van der Waals surface area (Å²) in [5.74, 6) is 1.64. The molecule has 0 spiro atoms. The monoisotopic (exact) mass is 198 g/mol. The Bertz CT molecular complexity index is 145. The minimum atomic E-state index is -0.0619. The van der Waals surface area contributed by atoms with Crippen LogP contribution in [0.3, 0.4) is 0 Å². The van der Waals surface area contributed by atoms with Gasteiger partial charge in [0.1, 0.15) is 0 Å².